The van der Waals surface area contributed by atoms with Gasteiger partial charge in [-0.1, -0.05) is 24.8 Å². The molecule has 2 aromatic rings. The van der Waals surface area contributed by atoms with E-state index in [4.69, 9.17) is 9.47 Å². The predicted octanol–water partition coefficient (Wildman–Crippen LogP) is 3.56. The number of benzene rings is 2. The number of nitrogens with zero attached hydrogens (tertiary/aromatic N) is 2. The molecule has 0 radical (unpaired) electrons. The number of halogens is 1. The molecule has 0 heterocycles. The second-order valence-corrected chi connectivity index (χ2v) is 9.75. The van der Waals surface area contributed by atoms with Gasteiger partial charge >= 0.3 is 0 Å². The zero-order chi connectivity index (χ0) is 23.9. The van der Waals surface area contributed by atoms with Crippen LogP contribution in [0.25, 0.3) is 0 Å². The van der Waals surface area contributed by atoms with Gasteiger partial charge in [-0.2, -0.15) is 5.10 Å². The summed E-state index contributed by atoms with van der Waals surface area (Å²) in [7, 11) is -2.17. The number of hydrazone groups is 1. The summed E-state index contributed by atoms with van der Waals surface area (Å²) >= 11 is 3.42. The fraction of sp³-hybridized carbons (Fsp3) is 0.273. The number of hydrogen-bond acceptors (Lipinski definition) is 6. The lowest BCUT2D eigenvalue weighted by Crippen LogP contribution is -2.39. The highest BCUT2D eigenvalue weighted by atomic mass is 79.9. The first-order chi connectivity index (χ1) is 15.1. The normalized spacial score (nSPS) is 11.3. The molecule has 0 aromatic heterocycles. The highest BCUT2D eigenvalue weighted by Gasteiger charge is 2.22. The lowest BCUT2D eigenvalue weighted by atomic mass is 10.1. The predicted molar refractivity (Wildman–Crippen MR) is 130 cm³/mol. The first kappa shape index (κ1) is 25.4. The fourth-order valence-corrected chi connectivity index (χ4v) is 4.29. The molecular formula is C22H26BrN3O5S. The zero-order valence-corrected chi connectivity index (χ0v) is 20.8. The molecule has 0 spiro atoms. The van der Waals surface area contributed by atoms with Crippen molar-refractivity contribution >= 4 is 43.8 Å². The summed E-state index contributed by atoms with van der Waals surface area (Å²) in [6.07, 6.45) is 4.10. The number of anilines is 1. The lowest BCUT2D eigenvalue weighted by molar-refractivity contribution is -0.119. The summed E-state index contributed by atoms with van der Waals surface area (Å²) in [6, 6.07) is 8.86. The smallest absolute Gasteiger partial charge is 0.260 e. The van der Waals surface area contributed by atoms with Gasteiger partial charge in [0.25, 0.3) is 5.91 Å². The SMILES string of the molecule is C=CCOc1c(Br)cc(/C=N\NC(=O)CN(c2cc(C)ccc2C)S(C)(=O)=O)cc1OC. The second kappa shape index (κ2) is 11.1. The van der Waals surface area contributed by atoms with Crippen molar-refractivity contribution in [3.63, 3.8) is 0 Å². The molecule has 2 aromatic carbocycles. The highest BCUT2D eigenvalue weighted by Crippen LogP contribution is 2.36. The van der Waals surface area contributed by atoms with Crippen LogP contribution in [0.4, 0.5) is 5.69 Å². The van der Waals surface area contributed by atoms with E-state index in [-0.39, 0.29) is 0 Å². The van der Waals surface area contributed by atoms with Gasteiger partial charge in [0.2, 0.25) is 10.0 Å². The molecule has 0 aliphatic rings. The van der Waals surface area contributed by atoms with Crippen LogP contribution in [0.2, 0.25) is 0 Å². The molecule has 1 amide bonds. The van der Waals surface area contributed by atoms with Crippen molar-refractivity contribution < 1.29 is 22.7 Å². The fourth-order valence-electron chi connectivity index (χ4n) is 2.81. The third-order valence-corrected chi connectivity index (χ3v) is 6.04. The van der Waals surface area contributed by atoms with Crippen molar-refractivity contribution in [1.82, 2.24) is 5.43 Å². The Balaban J connectivity index is 2.16. The van der Waals surface area contributed by atoms with E-state index in [2.05, 4.69) is 33.0 Å². The Morgan fingerprint density at radius 1 is 1.28 bits per heavy atom. The monoisotopic (exact) mass is 523 g/mol. The number of amides is 1. The molecule has 0 aliphatic carbocycles. The topological polar surface area (TPSA) is 97.3 Å². The van der Waals surface area contributed by atoms with Crippen LogP contribution in [0.3, 0.4) is 0 Å². The number of ether oxygens (including phenoxy) is 2. The third-order valence-electron chi connectivity index (χ3n) is 4.32. The van der Waals surface area contributed by atoms with Crippen molar-refractivity contribution in [2.45, 2.75) is 13.8 Å². The van der Waals surface area contributed by atoms with Crippen LogP contribution in [-0.4, -0.2) is 47.1 Å². The summed E-state index contributed by atoms with van der Waals surface area (Å²) in [6.45, 7) is 7.17. The molecule has 0 unspecified atom stereocenters. The van der Waals surface area contributed by atoms with Crippen LogP contribution in [0, 0.1) is 13.8 Å². The number of rotatable bonds is 10. The van der Waals surface area contributed by atoms with E-state index in [0.29, 0.717) is 33.8 Å². The average molecular weight is 524 g/mol. The zero-order valence-electron chi connectivity index (χ0n) is 18.4. The maximum absolute atomic E-state index is 12.4. The summed E-state index contributed by atoms with van der Waals surface area (Å²) in [5.74, 6) is 0.419. The van der Waals surface area contributed by atoms with E-state index in [0.717, 1.165) is 21.7 Å². The van der Waals surface area contributed by atoms with Gasteiger partial charge < -0.3 is 9.47 Å². The molecule has 172 valence electrons. The first-order valence-corrected chi connectivity index (χ1v) is 12.2. The van der Waals surface area contributed by atoms with Crippen LogP contribution >= 0.6 is 15.9 Å². The summed E-state index contributed by atoms with van der Waals surface area (Å²) in [5, 5.41) is 3.94. The lowest BCUT2D eigenvalue weighted by Gasteiger charge is -2.23. The number of sulfonamides is 1. The van der Waals surface area contributed by atoms with Gasteiger partial charge in [0.15, 0.2) is 11.5 Å². The Labute approximate surface area is 197 Å². The van der Waals surface area contributed by atoms with Gasteiger partial charge in [0.1, 0.15) is 13.2 Å². The van der Waals surface area contributed by atoms with Crippen molar-refractivity contribution in [3.8, 4) is 11.5 Å². The van der Waals surface area contributed by atoms with Crippen molar-refractivity contribution in [2.75, 3.05) is 30.8 Å². The van der Waals surface area contributed by atoms with E-state index in [9.17, 15) is 13.2 Å². The molecule has 2 rings (SSSR count). The third kappa shape index (κ3) is 6.83. The Morgan fingerprint density at radius 3 is 2.62 bits per heavy atom. The van der Waals surface area contributed by atoms with Crippen LogP contribution in [0.15, 0.2) is 52.6 Å². The Bertz CT molecular complexity index is 1130. The number of carbonyl (C=O) groups is 1. The number of hydrogen-bond donors (Lipinski definition) is 1. The number of methoxy groups -OCH3 is 1. The maximum atomic E-state index is 12.4. The summed E-state index contributed by atoms with van der Waals surface area (Å²) in [4.78, 5) is 12.4. The van der Waals surface area contributed by atoms with E-state index >= 15 is 0 Å². The molecule has 0 atom stereocenters. The van der Waals surface area contributed by atoms with E-state index in [1.165, 1.54) is 13.3 Å². The van der Waals surface area contributed by atoms with Gasteiger partial charge in [-0.05, 0) is 64.7 Å². The Kier molecular flexibility index (Phi) is 8.85. The molecule has 0 saturated heterocycles. The van der Waals surface area contributed by atoms with E-state index in [1.807, 2.05) is 19.1 Å². The van der Waals surface area contributed by atoms with E-state index < -0.39 is 22.5 Å². The summed E-state index contributed by atoms with van der Waals surface area (Å²) in [5.41, 5.74) is 5.09. The Hall–Kier alpha value is -2.85. The molecule has 0 fully saturated rings. The molecule has 0 bridgehead atoms. The van der Waals surface area contributed by atoms with Crippen molar-refractivity contribution in [1.29, 1.82) is 0 Å². The van der Waals surface area contributed by atoms with Gasteiger partial charge in [0, 0.05) is 0 Å². The molecule has 0 aliphatic heterocycles. The molecule has 1 N–H and O–H groups in total. The standard InChI is InChI=1S/C22H26BrN3O5S/c1-6-9-31-22-18(23)11-17(12-20(22)30-4)13-24-25-21(27)14-26(32(5,28)29)19-10-15(2)7-8-16(19)3/h6-8,10-13H,1,9,14H2,2-5H3,(H,25,27)/b24-13-. The number of aryl methyl sites for hydroxylation is 2. The summed E-state index contributed by atoms with van der Waals surface area (Å²) < 4.78 is 37.2. The minimum Gasteiger partial charge on any atom is -0.493 e. The van der Waals surface area contributed by atoms with E-state index in [1.54, 1.807) is 31.2 Å². The first-order valence-electron chi connectivity index (χ1n) is 9.55. The maximum Gasteiger partial charge on any atom is 0.260 e. The second-order valence-electron chi connectivity index (χ2n) is 6.99. The van der Waals surface area contributed by atoms with Gasteiger partial charge in [0.05, 0.1) is 29.7 Å². The number of carbonyl (C=O) groups excluding carboxylic acids is 1. The van der Waals surface area contributed by atoms with Crippen molar-refractivity contribution in [3.05, 3.63) is 64.1 Å². The molecular weight excluding hydrogens is 498 g/mol. The van der Waals surface area contributed by atoms with Gasteiger partial charge in [-0.3, -0.25) is 9.10 Å². The highest BCUT2D eigenvalue weighted by molar-refractivity contribution is 9.10. The molecule has 0 saturated carbocycles. The van der Waals surface area contributed by atoms with Crippen LogP contribution in [0.1, 0.15) is 16.7 Å². The minimum absolute atomic E-state index is 0.315. The molecule has 8 nitrogen and oxygen atoms in total. The van der Waals surface area contributed by atoms with Crippen molar-refractivity contribution in [2.24, 2.45) is 5.10 Å². The van der Waals surface area contributed by atoms with Gasteiger partial charge in [-0.15, -0.1) is 0 Å². The van der Waals surface area contributed by atoms with Crippen LogP contribution < -0.4 is 19.2 Å². The minimum atomic E-state index is -3.68. The average Bonchev–Trinajstić information content (AvgIpc) is 2.72. The van der Waals surface area contributed by atoms with Gasteiger partial charge in [-0.25, -0.2) is 13.8 Å². The number of nitrogens with one attached hydrogen (secondary N) is 1. The Morgan fingerprint density at radius 2 is 2.00 bits per heavy atom. The quantitative estimate of drug-likeness (QED) is 0.291. The largest absolute Gasteiger partial charge is 0.493 e. The molecule has 10 heteroatoms. The van der Waals surface area contributed by atoms with Crippen LogP contribution in [0.5, 0.6) is 11.5 Å². The van der Waals surface area contributed by atoms with Crippen LogP contribution in [-0.2, 0) is 14.8 Å². The molecule has 32 heavy (non-hydrogen) atoms.